The molecule has 0 aromatic carbocycles. The van der Waals surface area contributed by atoms with Crippen molar-refractivity contribution in [2.75, 3.05) is 18.8 Å². The van der Waals surface area contributed by atoms with E-state index < -0.39 is 9.84 Å². The van der Waals surface area contributed by atoms with E-state index in [9.17, 15) is 13.2 Å². The molecule has 1 amide bonds. The molecule has 7 heteroatoms. The van der Waals surface area contributed by atoms with Crippen LogP contribution in [0.4, 0.5) is 0 Å². The van der Waals surface area contributed by atoms with E-state index in [0.29, 0.717) is 24.9 Å². The number of hydrogen-bond acceptors (Lipinski definition) is 4. The highest BCUT2D eigenvalue weighted by Gasteiger charge is 2.43. The zero-order chi connectivity index (χ0) is 14.3. The summed E-state index contributed by atoms with van der Waals surface area (Å²) < 4.78 is 24.5. The van der Waals surface area contributed by atoms with E-state index in [2.05, 4.69) is 0 Å². The molecule has 5 nitrogen and oxygen atoms in total. The highest BCUT2D eigenvalue weighted by Crippen LogP contribution is 2.37. The van der Waals surface area contributed by atoms with Crippen molar-refractivity contribution < 1.29 is 13.2 Å². The molecule has 2 aliphatic carbocycles. The first-order valence-corrected chi connectivity index (χ1v) is 9.44. The Morgan fingerprint density at radius 2 is 1.76 bits per heavy atom. The van der Waals surface area contributed by atoms with Gasteiger partial charge in [0.25, 0.3) is 0 Å². The lowest BCUT2D eigenvalue weighted by molar-refractivity contribution is -0.127. The molecule has 122 valence electrons. The molecule has 3 atom stereocenters. The average Bonchev–Trinajstić information content (AvgIpc) is 3.07. The number of hydrogen-bond donors (Lipinski definition) is 1. The molecule has 2 N–H and O–H groups in total. The Kier molecular flexibility index (Phi) is 5.21. The average molecular weight is 337 g/mol. The highest BCUT2D eigenvalue weighted by molar-refractivity contribution is 7.92. The van der Waals surface area contributed by atoms with Gasteiger partial charge in [-0.05, 0) is 37.5 Å². The number of carbonyl (C=O) groups excluding carboxylic acids is 1. The van der Waals surface area contributed by atoms with Crippen molar-refractivity contribution in [3.8, 4) is 0 Å². The maximum atomic E-state index is 12.3. The van der Waals surface area contributed by atoms with Crippen molar-refractivity contribution in [3.05, 3.63) is 0 Å². The summed E-state index contributed by atoms with van der Waals surface area (Å²) in [5.41, 5.74) is 6.05. The van der Waals surface area contributed by atoms with Gasteiger partial charge in [0.05, 0.1) is 5.25 Å². The minimum absolute atomic E-state index is 0. The van der Waals surface area contributed by atoms with Crippen LogP contribution >= 0.6 is 12.4 Å². The van der Waals surface area contributed by atoms with Gasteiger partial charge < -0.3 is 10.6 Å². The molecule has 3 unspecified atom stereocenters. The van der Waals surface area contributed by atoms with E-state index >= 15 is 0 Å². The largest absolute Gasteiger partial charge is 0.341 e. The standard InChI is InChI=1S/C14H24N2O3S.ClH/c15-13-6-5-10-7-16(8-12(10)13)14(17)9-20(18,19)11-3-1-2-4-11;/h10-13H,1-9,15H2;1H. The molecule has 3 rings (SSSR count). The predicted molar refractivity (Wildman–Crippen MR) is 84.1 cm³/mol. The summed E-state index contributed by atoms with van der Waals surface area (Å²) in [7, 11) is -3.26. The molecule has 1 heterocycles. The molecule has 0 radical (unpaired) electrons. The normalized spacial score (nSPS) is 33.0. The van der Waals surface area contributed by atoms with Crippen LogP contribution < -0.4 is 5.73 Å². The Labute approximate surface area is 133 Å². The summed E-state index contributed by atoms with van der Waals surface area (Å²) in [6, 6.07) is 0.184. The SMILES string of the molecule is Cl.NC1CCC2CN(C(=O)CS(=O)(=O)C3CCCC3)CC12. The van der Waals surface area contributed by atoms with Crippen molar-refractivity contribution >= 4 is 28.2 Å². The van der Waals surface area contributed by atoms with Crippen molar-refractivity contribution in [3.63, 3.8) is 0 Å². The second kappa shape index (κ2) is 6.42. The number of nitrogens with two attached hydrogens (primary N) is 1. The zero-order valence-corrected chi connectivity index (χ0v) is 13.9. The molecule has 2 saturated carbocycles. The van der Waals surface area contributed by atoms with Crippen molar-refractivity contribution in [1.29, 1.82) is 0 Å². The predicted octanol–water partition coefficient (Wildman–Crippen LogP) is 0.961. The third kappa shape index (κ3) is 3.37. The van der Waals surface area contributed by atoms with Gasteiger partial charge in [-0.15, -0.1) is 12.4 Å². The van der Waals surface area contributed by atoms with E-state index in [-0.39, 0.29) is 35.4 Å². The third-order valence-corrected chi connectivity index (χ3v) is 7.54. The van der Waals surface area contributed by atoms with E-state index in [1.165, 1.54) is 0 Å². The lowest BCUT2D eigenvalue weighted by Crippen LogP contribution is -2.38. The fourth-order valence-electron chi connectivity index (χ4n) is 4.14. The number of likely N-dealkylation sites (tertiary alicyclic amines) is 1. The number of carbonyl (C=O) groups is 1. The van der Waals surface area contributed by atoms with E-state index in [4.69, 9.17) is 5.73 Å². The first-order valence-electron chi connectivity index (χ1n) is 7.72. The minimum Gasteiger partial charge on any atom is -0.341 e. The van der Waals surface area contributed by atoms with Crippen LogP contribution in [-0.2, 0) is 14.6 Å². The number of rotatable bonds is 3. The Bertz CT molecular complexity index is 490. The quantitative estimate of drug-likeness (QED) is 0.832. The first-order chi connectivity index (χ1) is 9.47. The molecule has 21 heavy (non-hydrogen) atoms. The molecular weight excluding hydrogens is 312 g/mol. The Morgan fingerprint density at radius 1 is 1.10 bits per heavy atom. The third-order valence-electron chi connectivity index (χ3n) is 5.40. The summed E-state index contributed by atoms with van der Waals surface area (Å²) in [4.78, 5) is 14.0. The van der Waals surface area contributed by atoms with Gasteiger partial charge >= 0.3 is 0 Å². The van der Waals surface area contributed by atoms with Gasteiger partial charge in [0.15, 0.2) is 9.84 Å². The van der Waals surface area contributed by atoms with Gasteiger partial charge in [0.1, 0.15) is 5.75 Å². The smallest absolute Gasteiger partial charge is 0.237 e. The van der Waals surface area contributed by atoms with Crippen LogP contribution in [-0.4, -0.2) is 49.4 Å². The number of nitrogens with zero attached hydrogens (tertiary/aromatic N) is 1. The van der Waals surface area contributed by atoms with Gasteiger partial charge in [-0.25, -0.2) is 8.42 Å². The fraction of sp³-hybridized carbons (Fsp3) is 0.929. The van der Waals surface area contributed by atoms with Crippen molar-refractivity contribution in [1.82, 2.24) is 4.90 Å². The summed E-state index contributed by atoms with van der Waals surface area (Å²) in [6.45, 7) is 1.36. The van der Waals surface area contributed by atoms with Crippen LogP contribution in [0, 0.1) is 11.8 Å². The lowest BCUT2D eigenvalue weighted by Gasteiger charge is -2.20. The molecule has 0 aromatic rings. The van der Waals surface area contributed by atoms with Gasteiger partial charge in [0, 0.05) is 19.1 Å². The topological polar surface area (TPSA) is 80.5 Å². The second-order valence-corrected chi connectivity index (χ2v) is 8.96. The minimum atomic E-state index is -3.26. The summed E-state index contributed by atoms with van der Waals surface area (Å²) in [5.74, 6) is 0.363. The van der Waals surface area contributed by atoms with E-state index in [0.717, 1.165) is 38.5 Å². The molecule has 0 aromatic heterocycles. The van der Waals surface area contributed by atoms with E-state index in [1.807, 2.05) is 0 Å². The summed E-state index contributed by atoms with van der Waals surface area (Å²) >= 11 is 0. The molecule has 0 bridgehead atoms. The summed E-state index contributed by atoms with van der Waals surface area (Å²) in [6.07, 6.45) is 5.52. The molecule has 1 saturated heterocycles. The molecular formula is C14H25ClN2O3S. The second-order valence-electron chi connectivity index (χ2n) is 6.68. The van der Waals surface area contributed by atoms with Gasteiger partial charge in [-0.1, -0.05) is 12.8 Å². The Hall–Kier alpha value is -0.330. The molecule has 0 spiro atoms. The Balaban J connectivity index is 0.00000161. The zero-order valence-electron chi connectivity index (χ0n) is 12.2. The lowest BCUT2D eigenvalue weighted by atomic mass is 9.98. The van der Waals surface area contributed by atoms with Crippen LogP contribution in [0.2, 0.25) is 0 Å². The molecule has 3 aliphatic rings. The molecule has 3 fully saturated rings. The monoisotopic (exact) mass is 336 g/mol. The van der Waals surface area contributed by atoms with Crippen LogP contribution in [0.1, 0.15) is 38.5 Å². The maximum Gasteiger partial charge on any atom is 0.237 e. The molecule has 1 aliphatic heterocycles. The number of halogens is 1. The summed E-state index contributed by atoms with van der Waals surface area (Å²) in [5, 5.41) is -0.282. The maximum absolute atomic E-state index is 12.3. The van der Waals surface area contributed by atoms with Crippen LogP contribution in [0.5, 0.6) is 0 Å². The van der Waals surface area contributed by atoms with Crippen LogP contribution in [0.15, 0.2) is 0 Å². The van der Waals surface area contributed by atoms with Gasteiger partial charge in [-0.3, -0.25) is 4.79 Å². The highest BCUT2D eigenvalue weighted by atomic mass is 35.5. The van der Waals surface area contributed by atoms with Gasteiger partial charge in [-0.2, -0.15) is 0 Å². The number of sulfone groups is 1. The first kappa shape index (κ1) is 17.0. The Morgan fingerprint density at radius 3 is 2.38 bits per heavy atom. The van der Waals surface area contributed by atoms with E-state index in [1.54, 1.807) is 4.90 Å². The fourth-order valence-corrected chi connectivity index (χ4v) is 5.95. The van der Waals surface area contributed by atoms with Crippen LogP contribution in [0.3, 0.4) is 0 Å². The van der Waals surface area contributed by atoms with Crippen LogP contribution in [0.25, 0.3) is 0 Å². The van der Waals surface area contributed by atoms with Crippen molar-refractivity contribution in [2.45, 2.75) is 49.8 Å². The number of amides is 1. The van der Waals surface area contributed by atoms with Gasteiger partial charge in [0.2, 0.25) is 5.91 Å². The van der Waals surface area contributed by atoms with Crippen molar-refractivity contribution in [2.24, 2.45) is 17.6 Å². The number of fused-ring (bicyclic) bond motifs is 1.